The van der Waals surface area contributed by atoms with Gasteiger partial charge in [-0.1, -0.05) is 44.9 Å². The first-order valence-corrected chi connectivity index (χ1v) is 9.63. The second-order valence-electron chi connectivity index (χ2n) is 6.91. The fourth-order valence-corrected chi connectivity index (χ4v) is 3.47. The lowest BCUT2D eigenvalue weighted by atomic mass is 9.84. The number of hydrogen-bond donors (Lipinski definition) is 2. The maximum atomic E-state index is 12.4. The summed E-state index contributed by atoms with van der Waals surface area (Å²) in [6, 6.07) is 9.02. The van der Waals surface area contributed by atoms with Crippen LogP contribution >= 0.6 is 0 Å². The lowest BCUT2D eigenvalue weighted by Crippen LogP contribution is -2.40. The molecule has 0 bridgehead atoms. The van der Waals surface area contributed by atoms with E-state index in [0.29, 0.717) is 30.5 Å². The summed E-state index contributed by atoms with van der Waals surface area (Å²) in [5.41, 5.74) is 0.368. The Morgan fingerprint density at radius 2 is 1.89 bits per heavy atom. The summed E-state index contributed by atoms with van der Waals surface area (Å²) in [6.45, 7) is 4.23. The molecule has 0 atom stereocenters. The highest BCUT2D eigenvalue weighted by atomic mass is 16.6. The average Bonchev–Trinajstić information content (AvgIpc) is 2.61. The van der Waals surface area contributed by atoms with Crippen molar-refractivity contribution < 1.29 is 24.2 Å². The molecule has 1 aliphatic heterocycles. The van der Waals surface area contributed by atoms with Gasteiger partial charge in [-0.05, 0) is 37.8 Å². The molecule has 1 aromatic carbocycles. The third kappa shape index (κ3) is 6.01. The van der Waals surface area contributed by atoms with Crippen LogP contribution in [-0.4, -0.2) is 29.4 Å². The van der Waals surface area contributed by atoms with Gasteiger partial charge in [-0.3, -0.25) is 5.32 Å². The number of hydrogen-bond acceptors (Lipinski definition) is 5. The molecule has 0 spiro atoms. The first-order chi connectivity index (χ1) is 13.0. The van der Waals surface area contributed by atoms with Crippen LogP contribution in [0.2, 0.25) is 0 Å². The minimum atomic E-state index is -0.583. The summed E-state index contributed by atoms with van der Waals surface area (Å²) in [6.07, 6.45) is 3.84. The van der Waals surface area contributed by atoms with Gasteiger partial charge in [-0.2, -0.15) is 0 Å². The maximum absolute atomic E-state index is 12.4. The van der Waals surface area contributed by atoms with Crippen molar-refractivity contribution in [2.45, 2.75) is 64.4 Å². The number of carbonyl (C=O) groups excluding carboxylic acids is 2. The molecule has 0 saturated carbocycles. The van der Waals surface area contributed by atoms with Crippen molar-refractivity contribution in [3.8, 4) is 0 Å². The Labute approximate surface area is 160 Å². The topological polar surface area (TPSA) is 84.9 Å². The quantitative estimate of drug-likeness (QED) is 0.462. The number of benzene rings is 1. The normalized spacial score (nSPS) is 16.0. The zero-order chi connectivity index (χ0) is 19.7. The SMILES string of the molecule is CCCC1(CCC)CC(O)=C(CCCOC(=O)Nc2ccccc2)C(=O)O1. The number of aliphatic hydroxyl groups is 1. The Morgan fingerprint density at radius 3 is 2.48 bits per heavy atom. The summed E-state index contributed by atoms with van der Waals surface area (Å²) >= 11 is 0. The van der Waals surface area contributed by atoms with Crippen molar-refractivity contribution in [3.05, 3.63) is 41.7 Å². The van der Waals surface area contributed by atoms with Gasteiger partial charge in [-0.25, -0.2) is 9.59 Å². The predicted octanol–water partition coefficient (Wildman–Crippen LogP) is 5.11. The van der Waals surface area contributed by atoms with Crippen molar-refractivity contribution in [2.75, 3.05) is 11.9 Å². The van der Waals surface area contributed by atoms with E-state index in [2.05, 4.69) is 5.32 Å². The molecule has 0 aliphatic carbocycles. The van der Waals surface area contributed by atoms with Crippen LogP contribution in [0.15, 0.2) is 41.7 Å². The summed E-state index contributed by atoms with van der Waals surface area (Å²) < 4.78 is 10.8. The minimum absolute atomic E-state index is 0.113. The number of esters is 1. The number of carbonyl (C=O) groups is 2. The van der Waals surface area contributed by atoms with E-state index < -0.39 is 17.7 Å². The fraction of sp³-hybridized carbons (Fsp3) is 0.524. The third-order valence-corrected chi connectivity index (χ3v) is 4.63. The molecule has 2 rings (SSSR count). The van der Waals surface area contributed by atoms with E-state index in [1.165, 1.54) is 0 Å². The van der Waals surface area contributed by atoms with Gasteiger partial charge in [0.2, 0.25) is 0 Å². The Balaban J connectivity index is 1.82. The standard InChI is InChI=1S/C21H29NO5/c1-3-12-21(13-4-2)15-18(23)17(19(24)27-21)11-8-14-26-20(25)22-16-9-6-5-7-10-16/h5-7,9-10,23H,3-4,8,11-15H2,1-2H3,(H,22,25). The number of rotatable bonds is 9. The van der Waals surface area contributed by atoms with Gasteiger partial charge in [0.05, 0.1) is 12.2 Å². The van der Waals surface area contributed by atoms with Gasteiger partial charge in [0.1, 0.15) is 11.4 Å². The summed E-state index contributed by atoms with van der Waals surface area (Å²) in [7, 11) is 0. The van der Waals surface area contributed by atoms with Gasteiger partial charge in [-0.15, -0.1) is 0 Å². The van der Waals surface area contributed by atoms with Crippen molar-refractivity contribution in [1.82, 2.24) is 0 Å². The molecule has 0 unspecified atom stereocenters. The van der Waals surface area contributed by atoms with Crippen molar-refractivity contribution in [3.63, 3.8) is 0 Å². The van der Waals surface area contributed by atoms with E-state index in [1.807, 2.05) is 32.0 Å². The van der Waals surface area contributed by atoms with Crippen LogP contribution in [0.4, 0.5) is 10.5 Å². The number of aliphatic hydroxyl groups excluding tert-OH is 1. The Morgan fingerprint density at radius 1 is 1.22 bits per heavy atom. The highest BCUT2D eigenvalue weighted by Gasteiger charge is 2.40. The van der Waals surface area contributed by atoms with Crippen LogP contribution in [0, 0.1) is 0 Å². The van der Waals surface area contributed by atoms with Gasteiger partial charge < -0.3 is 14.6 Å². The molecule has 1 amide bonds. The molecule has 1 heterocycles. The number of nitrogens with one attached hydrogen (secondary N) is 1. The fourth-order valence-electron chi connectivity index (χ4n) is 3.47. The van der Waals surface area contributed by atoms with Crippen LogP contribution < -0.4 is 5.32 Å². The first-order valence-electron chi connectivity index (χ1n) is 9.63. The summed E-state index contributed by atoms with van der Waals surface area (Å²) in [5, 5.41) is 13.0. The predicted molar refractivity (Wildman–Crippen MR) is 104 cm³/mol. The van der Waals surface area contributed by atoms with Crippen molar-refractivity contribution in [2.24, 2.45) is 0 Å². The van der Waals surface area contributed by atoms with Crippen LogP contribution in [0.5, 0.6) is 0 Å². The molecule has 1 aliphatic rings. The van der Waals surface area contributed by atoms with Crippen molar-refractivity contribution >= 4 is 17.7 Å². The molecule has 2 N–H and O–H groups in total. The molecule has 0 fully saturated rings. The second kappa shape index (κ2) is 10.00. The summed E-state index contributed by atoms with van der Waals surface area (Å²) in [4.78, 5) is 24.1. The van der Waals surface area contributed by atoms with E-state index in [-0.39, 0.29) is 12.4 Å². The smallest absolute Gasteiger partial charge is 0.411 e. The van der Waals surface area contributed by atoms with Crippen LogP contribution in [0.3, 0.4) is 0 Å². The van der Waals surface area contributed by atoms with Crippen molar-refractivity contribution in [1.29, 1.82) is 0 Å². The molecular formula is C21H29NO5. The molecule has 6 nitrogen and oxygen atoms in total. The van der Waals surface area contributed by atoms with Crippen LogP contribution in [0.1, 0.15) is 58.8 Å². The minimum Gasteiger partial charge on any atom is -0.512 e. The van der Waals surface area contributed by atoms with Crippen LogP contribution in [-0.2, 0) is 14.3 Å². The molecule has 0 aromatic heterocycles. The largest absolute Gasteiger partial charge is 0.512 e. The molecule has 27 heavy (non-hydrogen) atoms. The van der Waals surface area contributed by atoms with Gasteiger partial charge >= 0.3 is 12.1 Å². The first kappa shape index (κ1) is 20.8. The monoisotopic (exact) mass is 375 g/mol. The maximum Gasteiger partial charge on any atom is 0.411 e. The van der Waals surface area contributed by atoms with Crippen LogP contribution in [0.25, 0.3) is 0 Å². The highest BCUT2D eigenvalue weighted by molar-refractivity contribution is 5.90. The summed E-state index contributed by atoms with van der Waals surface area (Å²) in [5.74, 6) is -0.337. The molecule has 0 saturated heterocycles. The highest BCUT2D eigenvalue weighted by Crippen LogP contribution is 2.37. The number of anilines is 1. The third-order valence-electron chi connectivity index (χ3n) is 4.63. The Bertz CT molecular complexity index is 662. The number of cyclic esters (lactones) is 1. The van der Waals surface area contributed by atoms with E-state index in [9.17, 15) is 14.7 Å². The van der Waals surface area contributed by atoms with Gasteiger partial charge in [0.15, 0.2) is 0 Å². The number of ether oxygens (including phenoxy) is 2. The lowest BCUT2D eigenvalue weighted by Gasteiger charge is -2.37. The van der Waals surface area contributed by atoms with Gasteiger partial charge in [0, 0.05) is 12.1 Å². The number of para-hydroxylation sites is 1. The zero-order valence-electron chi connectivity index (χ0n) is 16.1. The van der Waals surface area contributed by atoms with E-state index in [0.717, 1.165) is 25.7 Å². The van der Waals surface area contributed by atoms with E-state index in [4.69, 9.17) is 9.47 Å². The Kier molecular flexibility index (Phi) is 7.70. The van der Waals surface area contributed by atoms with Gasteiger partial charge in [0.25, 0.3) is 0 Å². The molecule has 148 valence electrons. The Hall–Kier alpha value is -2.50. The molecular weight excluding hydrogens is 346 g/mol. The lowest BCUT2D eigenvalue weighted by molar-refractivity contribution is -0.161. The van der Waals surface area contributed by atoms with E-state index in [1.54, 1.807) is 12.1 Å². The molecule has 1 aromatic rings. The zero-order valence-corrected chi connectivity index (χ0v) is 16.1. The molecule has 6 heteroatoms. The van der Waals surface area contributed by atoms with E-state index >= 15 is 0 Å². The average molecular weight is 375 g/mol. The second-order valence-corrected chi connectivity index (χ2v) is 6.91. The molecule has 0 radical (unpaired) electrons. The number of amides is 1.